The molecule has 1 saturated carbocycles. The number of anilines is 1. The first kappa shape index (κ1) is 16.1. The van der Waals surface area contributed by atoms with Crippen molar-refractivity contribution in [2.45, 2.75) is 66.4 Å². The van der Waals surface area contributed by atoms with Crippen LogP contribution in [0.1, 0.15) is 57.8 Å². The summed E-state index contributed by atoms with van der Waals surface area (Å²) in [7, 11) is 0. The van der Waals surface area contributed by atoms with Crippen molar-refractivity contribution in [1.29, 1.82) is 0 Å². The van der Waals surface area contributed by atoms with Crippen LogP contribution in [0.25, 0.3) is 0 Å². The van der Waals surface area contributed by atoms with Crippen LogP contribution in [-0.4, -0.2) is 22.6 Å². The lowest BCUT2D eigenvalue weighted by atomic mass is 9.82. The zero-order valence-electron chi connectivity index (χ0n) is 14.1. The van der Waals surface area contributed by atoms with Gasteiger partial charge in [0.05, 0.1) is 5.56 Å². The Kier molecular flexibility index (Phi) is 5.43. The molecule has 0 radical (unpaired) electrons. The molecule has 0 bridgehead atoms. The topological polar surface area (TPSA) is 47.0 Å². The van der Waals surface area contributed by atoms with Crippen LogP contribution in [0.3, 0.4) is 0 Å². The standard InChI is InChI=1S/C17H29N3O/c1-6-7-18-16-13(4)17(20-14(5)19-16)21-15-9-11(2)8-12(3)10-15/h11-12,15H,6-10H2,1-5H3,(H,18,19,20). The van der Waals surface area contributed by atoms with Gasteiger partial charge in [-0.15, -0.1) is 0 Å². The third-order valence-electron chi connectivity index (χ3n) is 4.17. The van der Waals surface area contributed by atoms with Crippen molar-refractivity contribution < 1.29 is 4.74 Å². The molecule has 0 saturated heterocycles. The fraction of sp³-hybridized carbons (Fsp3) is 0.765. The van der Waals surface area contributed by atoms with Gasteiger partial charge in [0.15, 0.2) is 0 Å². The molecule has 2 rings (SSSR count). The predicted molar refractivity (Wildman–Crippen MR) is 86.9 cm³/mol. The maximum Gasteiger partial charge on any atom is 0.222 e. The second-order valence-corrected chi connectivity index (χ2v) is 6.63. The lowest BCUT2D eigenvalue weighted by molar-refractivity contribution is 0.0957. The van der Waals surface area contributed by atoms with E-state index in [-0.39, 0.29) is 6.10 Å². The van der Waals surface area contributed by atoms with E-state index in [2.05, 4.69) is 36.1 Å². The first-order chi connectivity index (χ1) is 9.99. The second-order valence-electron chi connectivity index (χ2n) is 6.63. The fourth-order valence-corrected chi connectivity index (χ4v) is 3.26. The van der Waals surface area contributed by atoms with Crippen molar-refractivity contribution in [3.63, 3.8) is 0 Å². The van der Waals surface area contributed by atoms with Crippen molar-refractivity contribution in [2.24, 2.45) is 11.8 Å². The molecule has 1 aliphatic rings. The summed E-state index contributed by atoms with van der Waals surface area (Å²) in [5.74, 6) is 3.91. The SMILES string of the molecule is CCCNc1nc(C)nc(OC2CC(C)CC(C)C2)c1C. The fourth-order valence-electron chi connectivity index (χ4n) is 3.26. The molecule has 1 aromatic heterocycles. The molecule has 1 aliphatic carbocycles. The third-order valence-corrected chi connectivity index (χ3v) is 4.17. The summed E-state index contributed by atoms with van der Waals surface area (Å²) in [6.07, 6.45) is 4.94. The molecule has 1 aromatic rings. The molecule has 0 aromatic carbocycles. The van der Waals surface area contributed by atoms with E-state index in [0.29, 0.717) is 0 Å². The van der Waals surface area contributed by atoms with Crippen molar-refractivity contribution in [1.82, 2.24) is 9.97 Å². The van der Waals surface area contributed by atoms with Crippen LogP contribution in [0, 0.1) is 25.7 Å². The molecule has 4 heteroatoms. The molecule has 2 unspecified atom stereocenters. The summed E-state index contributed by atoms with van der Waals surface area (Å²) in [5, 5.41) is 3.37. The highest BCUT2D eigenvalue weighted by Gasteiger charge is 2.26. The molecule has 21 heavy (non-hydrogen) atoms. The maximum atomic E-state index is 6.24. The molecule has 0 aliphatic heterocycles. The highest BCUT2D eigenvalue weighted by molar-refractivity contribution is 5.48. The molecule has 2 atom stereocenters. The van der Waals surface area contributed by atoms with Gasteiger partial charge in [0.25, 0.3) is 0 Å². The Morgan fingerprint density at radius 3 is 2.38 bits per heavy atom. The molecular formula is C17H29N3O. The number of nitrogens with one attached hydrogen (secondary N) is 1. The molecule has 1 fully saturated rings. The van der Waals surface area contributed by atoms with E-state index in [1.54, 1.807) is 0 Å². The summed E-state index contributed by atoms with van der Waals surface area (Å²) >= 11 is 0. The lowest BCUT2D eigenvalue weighted by Crippen LogP contribution is -2.29. The van der Waals surface area contributed by atoms with Crippen molar-refractivity contribution in [3.8, 4) is 5.88 Å². The largest absolute Gasteiger partial charge is 0.474 e. The third kappa shape index (κ3) is 4.32. The average Bonchev–Trinajstić information content (AvgIpc) is 2.39. The number of hydrogen-bond donors (Lipinski definition) is 1. The Labute approximate surface area is 128 Å². The van der Waals surface area contributed by atoms with E-state index in [0.717, 1.165) is 60.7 Å². The van der Waals surface area contributed by atoms with Gasteiger partial charge in [0, 0.05) is 6.54 Å². The maximum absolute atomic E-state index is 6.24. The predicted octanol–water partition coefficient (Wildman–Crippen LogP) is 4.12. The van der Waals surface area contributed by atoms with Gasteiger partial charge in [-0.3, -0.25) is 0 Å². The number of rotatable bonds is 5. The summed E-state index contributed by atoms with van der Waals surface area (Å²) in [4.78, 5) is 9.00. The van der Waals surface area contributed by atoms with E-state index in [9.17, 15) is 0 Å². The van der Waals surface area contributed by atoms with Gasteiger partial charge in [-0.1, -0.05) is 20.8 Å². The molecule has 1 N–H and O–H groups in total. The van der Waals surface area contributed by atoms with Gasteiger partial charge < -0.3 is 10.1 Å². The number of aryl methyl sites for hydroxylation is 1. The molecule has 1 heterocycles. The van der Waals surface area contributed by atoms with Crippen LogP contribution in [0.2, 0.25) is 0 Å². The van der Waals surface area contributed by atoms with E-state index in [1.807, 2.05) is 13.8 Å². The normalized spacial score (nSPS) is 25.7. The van der Waals surface area contributed by atoms with Crippen molar-refractivity contribution in [2.75, 3.05) is 11.9 Å². The van der Waals surface area contributed by atoms with Crippen LogP contribution >= 0.6 is 0 Å². The minimum absolute atomic E-state index is 0.288. The number of ether oxygens (including phenoxy) is 1. The van der Waals surface area contributed by atoms with Gasteiger partial charge in [-0.25, -0.2) is 4.98 Å². The molecule has 0 amide bonds. The minimum Gasteiger partial charge on any atom is -0.474 e. The highest BCUT2D eigenvalue weighted by Crippen LogP contribution is 2.32. The van der Waals surface area contributed by atoms with Gasteiger partial charge in [0.2, 0.25) is 5.88 Å². The molecular weight excluding hydrogens is 262 g/mol. The van der Waals surface area contributed by atoms with Crippen LogP contribution in [0.4, 0.5) is 5.82 Å². The summed E-state index contributed by atoms with van der Waals surface area (Å²) in [6, 6.07) is 0. The van der Waals surface area contributed by atoms with Crippen LogP contribution in [0.5, 0.6) is 5.88 Å². The van der Waals surface area contributed by atoms with Gasteiger partial charge in [0.1, 0.15) is 17.7 Å². The van der Waals surface area contributed by atoms with E-state index in [4.69, 9.17) is 4.74 Å². The second kappa shape index (κ2) is 7.10. The van der Waals surface area contributed by atoms with E-state index in [1.165, 1.54) is 6.42 Å². The zero-order chi connectivity index (χ0) is 15.4. The number of aromatic nitrogens is 2. The Morgan fingerprint density at radius 1 is 1.10 bits per heavy atom. The summed E-state index contributed by atoms with van der Waals surface area (Å²) < 4.78 is 6.24. The van der Waals surface area contributed by atoms with Crippen molar-refractivity contribution in [3.05, 3.63) is 11.4 Å². The van der Waals surface area contributed by atoms with Gasteiger partial charge in [-0.05, 0) is 51.4 Å². The first-order valence-corrected chi connectivity index (χ1v) is 8.25. The van der Waals surface area contributed by atoms with Crippen molar-refractivity contribution >= 4 is 5.82 Å². The molecule has 118 valence electrons. The smallest absolute Gasteiger partial charge is 0.222 e. The zero-order valence-corrected chi connectivity index (χ0v) is 14.1. The summed E-state index contributed by atoms with van der Waals surface area (Å²) in [5.41, 5.74) is 1.03. The quantitative estimate of drug-likeness (QED) is 0.886. The monoisotopic (exact) mass is 291 g/mol. The Bertz CT molecular complexity index is 465. The highest BCUT2D eigenvalue weighted by atomic mass is 16.5. The lowest BCUT2D eigenvalue weighted by Gasteiger charge is -2.31. The first-order valence-electron chi connectivity index (χ1n) is 8.25. The van der Waals surface area contributed by atoms with Crippen LogP contribution in [0.15, 0.2) is 0 Å². The van der Waals surface area contributed by atoms with Gasteiger partial charge in [-0.2, -0.15) is 4.98 Å². The number of nitrogens with zero attached hydrogens (tertiary/aromatic N) is 2. The molecule has 0 spiro atoms. The van der Waals surface area contributed by atoms with E-state index >= 15 is 0 Å². The Hall–Kier alpha value is -1.32. The van der Waals surface area contributed by atoms with E-state index < -0.39 is 0 Å². The average molecular weight is 291 g/mol. The number of hydrogen-bond acceptors (Lipinski definition) is 4. The minimum atomic E-state index is 0.288. The van der Waals surface area contributed by atoms with Crippen LogP contribution < -0.4 is 10.1 Å². The molecule has 4 nitrogen and oxygen atoms in total. The Balaban J connectivity index is 2.13. The van der Waals surface area contributed by atoms with Gasteiger partial charge >= 0.3 is 0 Å². The Morgan fingerprint density at radius 2 is 1.76 bits per heavy atom. The van der Waals surface area contributed by atoms with Crippen LogP contribution in [-0.2, 0) is 0 Å². The summed E-state index contributed by atoms with van der Waals surface area (Å²) in [6.45, 7) is 11.7.